The number of ketones is 1. The number of quaternary nitrogens is 1. The van der Waals surface area contributed by atoms with Crippen LogP contribution in [0.1, 0.15) is 17.2 Å². The minimum Gasteiger partial charge on any atom is -0.872 e. The molecule has 2 aromatic rings. The molecule has 1 saturated heterocycles. The summed E-state index contributed by atoms with van der Waals surface area (Å²) in [6.45, 7) is 1.88. The fraction of sp³-hybridized carbons (Fsp3) is 0.304. The van der Waals surface area contributed by atoms with Gasteiger partial charge in [0.1, 0.15) is 13.2 Å². The number of fused-ring (bicyclic) bond motifs is 1. The Kier molecular flexibility index (Phi) is 5.46. The Balaban J connectivity index is 1.81. The number of carbonyl (C=O) groups is 2. The molecule has 1 unspecified atom stereocenters. The summed E-state index contributed by atoms with van der Waals surface area (Å²) in [7, 11) is 3.95. The van der Waals surface area contributed by atoms with Crippen LogP contribution >= 0.6 is 0 Å². The highest BCUT2D eigenvalue weighted by atomic mass is 16.6. The van der Waals surface area contributed by atoms with Crippen LogP contribution in [0.15, 0.2) is 54.1 Å². The minimum atomic E-state index is -0.738. The lowest BCUT2D eigenvalue weighted by Gasteiger charge is -2.28. The predicted molar refractivity (Wildman–Crippen MR) is 108 cm³/mol. The zero-order valence-electron chi connectivity index (χ0n) is 17.0. The smallest absolute Gasteiger partial charge is 0.295 e. The van der Waals surface area contributed by atoms with E-state index in [1.165, 1.54) is 4.90 Å². The first-order valence-corrected chi connectivity index (χ1v) is 9.98. The van der Waals surface area contributed by atoms with Crippen molar-refractivity contribution < 1.29 is 29.1 Å². The van der Waals surface area contributed by atoms with Gasteiger partial charge in [-0.1, -0.05) is 42.2 Å². The van der Waals surface area contributed by atoms with Crippen LogP contribution in [0.5, 0.6) is 11.5 Å². The number of rotatable bonds is 5. The lowest BCUT2D eigenvalue weighted by Crippen LogP contribution is -3.06. The molecule has 4 rings (SSSR count). The second kappa shape index (κ2) is 8.20. The van der Waals surface area contributed by atoms with Crippen molar-refractivity contribution in [2.45, 2.75) is 6.04 Å². The van der Waals surface area contributed by atoms with Crippen molar-refractivity contribution in [3.05, 3.63) is 65.2 Å². The second-order valence-corrected chi connectivity index (χ2v) is 7.70. The van der Waals surface area contributed by atoms with E-state index in [2.05, 4.69) is 0 Å². The normalized spacial score (nSPS) is 20.1. The first-order valence-electron chi connectivity index (χ1n) is 9.98. The summed E-state index contributed by atoms with van der Waals surface area (Å²) in [5, 5.41) is 13.4. The van der Waals surface area contributed by atoms with Gasteiger partial charge in [0.05, 0.1) is 33.2 Å². The van der Waals surface area contributed by atoms with E-state index < -0.39 is 23.5 Å². The van der Waals surface area contributed by atoms with Gasteiger partial charge < -0.3 is 24.4 Å². The summed E-state index contributed by atoms with van der Waals surface area (Å²) in [4.78, 5) is 28.4. The molecular weight excluding hydrogens is 384 g/mol. The fourth-order valence-electron chi connectivity index (χ4n) is 3.77. The van der Waals surface area contributed by atoms with Gasteiger partial charge in [0.25, 0.3) is 5.91 Å². The van der Waals surface area contributed by atoms with E-state index in [1.54, 1.807) is 18.2 Å². The number of likely N-dealkylation sites (N-methyl/N-ethyl adjacent to an activating group) is 1. The Morgan fingerprint density at radius 3 is 2.47 bits per heavy atom. The van der Waals surface area contributed by atoms with Crippen LogP contribution in [-0.4, -0.2) is 57.0 Å². The summed E-state index contributed by atoms with van der Waals surface area (Å²) >= 11 is 0. The van der Waals surface area contributed by atoms with Crippen LogP contribution in [0.25, 0.3) is 5.76 Å². The van der Waals surface area contributed by atoms with Crippen molar-refractivity contribution >= 4 is 17.4 Å². The number of ether oxygens (including phenoxy) is 2. The molecule has 0 saturated carbocycles. The predicted octanol–water partition coefficient (Wildman–Crippen LogP) is -0.174. The maximum atomic E-state index is 13.4. The number of likely N-dealkylation sites (tertiary alicyclic amines) is 1. The van der Waals surface area contributed by atoms with Crippen molar-refractivity contribution in [3.63, 3.8) is 0 Å². The number of amides is 1. The van der Waals surface area contributed by atoms with Crippen molar-refractivity contribution in [2.75, 3.05) is 40.4 Å². The van der Waals surface area contributed by atoms with E-state index in [9.17, 15) is 14.7 Å². The monoisotopic (exact) mass is 408 g/mol. The van der Waals surface area contributed by atoms with E-state index in [1.807, 2.05) is 44.4 Å². The van der Waals surface area contributed by atoms with E-state index in [-0.39, 0.29) is 5.57 Å². The second-order valence-electron chi connectivity index (χ2n) is 7.70. The van der Waals surface area contributed by atoms with Crippen molar-refractivity contribution in [1.82, 2.24) is 4.90 Å². The van der Waals surface area contributed by atoms with Gasteiger partial charge in [-0.05, 0) is 23.3 Å². The number of Topliss-reactive ketones (excluding diaryl/α,β-unsaturated/α-hetero) is 1. The Bertz CT molecular complexity index is 1000. The van der Waals surface area contributed by atoms with Crippen molar-refractivity contribution in [3.8, 4) is 11.5 Å². The first-order chi connectivity index (χ1) is 14.5. The van der Waals surface area contributed by atoms with Crippen LogP contribution in [0.4, 0.5) is 0 Å². The molecule has 1 fully saturated rings. The minimum absolute atomic E-state index is 0.0170. The highest BCUT2D eigenvalue weighted by molar-refractivity contribution is 6.46. The molecule has 30 heavy (non-hydrogen) atoms. The summed E-state index contributed by atoms with van der Waals surface area (Å²) in [6.07, 6.45) is 0. The molecule has 0 radical (unpaired) electrons. The standard InChI is InChI=1S/C23H24N2O5/c1-24(2)10-11-25-20(15-6-4-3-5-7-15)19(22(27)23(25)28)21(26)16-8-9-17-18(14-16)30-13-12-29-17/h3-9,14,20,26H,10-13H2,1-2H3/b21-19+. The average Bonchev–Trinajstić information content (AvgIpc) is 3.02. The third-order valence-electron chi connectivity index (χ3n) is 5.30. The maximum Gasteiger partial charge on any atom is 0.295 e. The topological polar surface area (TPSA) is 83.3 Å². The molecule has 0 spiro atoms. The van der Waals surface area contributed by atoms with Gasteiger partial charge in [0.15, 0.2) is 11.5 Å². The molecule has 1 N–H and O–H groups in total. The Morgan fingerprint density at radius 2 is 1.77 bits per heavy atom. The van der Waals surface area contributed by atoms with Crippen LogP contribution in [-0.2, 0) is 9.59 Å². The van der Waals surface area contributed by atoms with E-state index in [0.717, 1.165) is 10.5 Å². The molecule has 0 aliphatic carbocycles. The highest BCUT2D eigenvalue weighted by Crippen LogP contribution is 2.39. The van der Waals surface area contributed by atoms with Gasteiger partial charge in [-0.15, -0.1) is 0 Å². The average molecular weight is 408 g/mol. The third kappa shape index (κ3) is 3.64. The quantitative estimate of drug-likeness (QED) is 0.422. The molecule has 0 bridgehead atoms. The number of nitrogens with zero attached hydrogens (tertiary/aromatic N) is 1. The van der Waals surface area contributed by atoms with E-state index in [4.69, 9.17) is 9.47 Å². The first kappa shape index (κ1) is 20.0. The van der Waals surface area contributed by atoms with Crippen LogP contribution in [0, 0.1) is 0 Å². The van der Waals surface area contributed by atoms with Gasteiger partial charge in [0, 0.05) is 5.57 Å². The highest BCUT2D eigenvalue weighted by Gasteiger charge is 2.44. The SMILES string of the molecule is C[NH+](C)CCN1C(=O)C(=O)/C(=C(/[O-])c2ccc3c(c2)OCCO3)C1c1ccccc1. The molecule has 2 aliphatic rings. The maximum absolute atomic E-state index is 13.4. The summed E-state index contributed by atoms with van der Waals surface area (Å²) < 4.78 is 11.1. The molecule has 1 atom stereocenters. The van der Waals surface area contributed by atoms with Crippen molar-refractivity contribution in [1.29, 1.82) is 0 Å². The lowest BCUT2D eigenvalue weighted by atomic mass is 9.95. The Morgan fingerprint density at radius 1 is 1.07 bits per heavy atom. The number of hydrogen-bond donors (Lipinski definition) is 1. The molecule has 2 aromatic carbocycles. The van der Waals surface area contributed by atoms with E-state index >= 15 is 0 Å². The fourth-order valence-corrected chi connectivity index (χ4v) is 3.77. The molecule has 2 aliphatic heterocycles. The van der Waals surface area contributed by atoms with Crippen molar-refractivity contribution in [2.24, 2.45) is 0 Å². The zero-order valence-corrected chi connectivity index (χ0v) is 17.0. The zero-order chi connectivity index (χ0) is 21.3. The van der Waals surface area contributed by atoms with Crippen LogP contribution in [0.2, 0.25) is 0 Å². The number of hydrogen-bond acceptors (Lipinski definition) is 5. The largest absolute Gasteiger partial charge is 0.872 e. The molecular formula is C23H24N2O5. The van der Waals surface area contributed by atoms with Gasteiger partial charge in [-0.3, -0.25) is 9.59 Å². The van der Waals surface area contributed by atoms with E-state index in [0.29, 0.717) is 43.4 Å². The molecule has 1 amide bonds. The number of carbonyl (C=O) groups excluding carboxylic acids is 2. The van der Waals surface area contributed by atoms with Gasteiger partial charge in [-0.2, -0.15) is 0 Å². The molecule has 0 aromatic heterocycles. The Hall–Kier alpha value is -3.32. The van der Waals surface area contributed by atoms with Gasteiger partial charge >= 0.3 is 0 Å². The number of nitrogens with one attached hydrogen (secondary N) is 1. The van der Waals surface area contributed by atoms with Crippen LogP contribution < -0.4 is 19.5 Å². The molecule has 7 heteroatoms. The summed E-state index contributed by atoms with van der Waals surface area (Å²) in [5.74, 6) is -0.803. The molecule has 7 nitrogen and oxygen atoms in total. The van der Waals surface area contributed by atoms with Gasteiger partial charge in [0.2, 0.25) is 5.78 Å². The van der Waals surface area contributed by atoms with Crippen LogP contribution in [0.3, 0.4) is 0 Å². The third-order valence-corrected chi connectivity index (χ3v) is 5.30. The lowest BCUT2D eigenvalue weighted by molar-refractivity contribution is -0.857. The van der Waals surface area contributed by atoms with Gasteiger partial charge in [-0.25, -0.2) is 0 Å². The number of benzene rings is 2. The Labute approximate surface area is 175 Å². The molecule has 2 heterocycles. The summed E-state index contributed by atoms with van der Waals surface area (Å²) in [6, 6.07) is 13.4. The summed E-state index contributed by atoms with van der Waals surface area (Å²) in [5.41, 5.74) is 1.03. The molecule has 156 valence electrons.